The van der Waals surface area contributed by atoms with E-state index in [0.717, 1.165) is 76.3 Å². The van der Waals surface area contributed by atoms with Gasteiger partial charge in [-0.1, -0.05) is 23.8 Å². The molecule has 2 bridgehead atoms. The first-order valence-electron chi connectivity index (χ1n) is 15.0. The molecular formula is C31H40ClN7O3. The molecule has 6 rings (SSSR count). The minimum Gasteiger partial charge on any atom is -0.495 e. The maximum atomic E-state index is 12.1. The van der Waals surface area contributed by atoms with Crippen molar-refractivity contribution in [2.45, 2.75) is 38.1 Å². The highest BCUT2D eigenvalue weighted by Crippen LogP contribution is 2.47. The van der Waals surface area contributed by atoms with Gasteiger partial charge in [0, 0.05) is 50.9 Å². The number of nitrogens with two attached hydrogens (primary N) is 1. The van der Waals surface area contributed by atoms with Gasteiger partial charge < -0.3 is 20.9 Å². The van der Waals surface area contributed by atoms with Gasteiger partial charge in [0.1, 0.15) is 10.8 Å². The molecular weight excluding hydrogens is 554 g/mol. The van der Waals surface area contributed by atoms with Crippen molar-refractivity contribution in [3.8, 4) is 5.75 Å². The van der Waals surface area contributed by atoms with Crippen LogP contribution in [0.5, 0.6) is 5.75 Å². The number of hydrogen-bond donors (Lipinski definition) is 3. The number of β-amino-alcohol motifs (C(OH)–C–C–N with tert-alkyl or cyclic N) is 1. The van der Waals surface area contributed by atoms with Crippen LogP contribution in [-0.4, -0.2) is 89.5 Å². The Morgan fingerprint density at radius 2 is 2.05 bits per heavy atom. The smallest absolute Gasteiger partial charge is 0.229 e. The molecule has 1 aromatic carbocycles. The van der Waals surface area contributed by atoms with E-state index < -0.39 is 0 Å². The molecule has 2 unspecified atom stereocenters. The van der Waals surface area contributed by atoms with Crippen LogP contribution in [0.3, 0.4) is 0 Å². The number of aliphatic hydroxyl groups is 1. The van der Waals surface area contributed by atoms with Gasteiger partial charge >= 0.3 is 0 Å². The van der Waals surface area contributed by atoms with Crippen molar-refractivity contribution in [3.05, 3.63) is 46.6 Å². The van der Waals surface area contributed by atoms with Crippen molar-refractivity contribution >= 4 is 41.2 Å². The third-order valence-electron chi connectivity index (χ3n) is 9.49. The zero-order valence-electron chi connectivity index (χ0n) is 24.1. The lowest BCUT2D eigenvalue weighted by molar-refractivity contribution is -0.123. The summed E-state index contributed by atoms with van der Waals surface area (Å²) in [5.74, 6) is 1.30. The SMILES string of the molecule is COc1cc2c(cc1Nc1ncc(Cl)c(N=CC3[C@@H](C(N)=O)[C@@H]4C=C[C@H]3C4)n1)CCCC(N1CCN(CCO)CC1)C2. The predicted octanol–water partition coefficient (Wildman–Crippen LogP) is 3.37. The average Bonchev–Trinajstić information content (AvgIpc) is 3.54. The van der Waals surface area contributed by atoms with E-state index in [4.69, 9.17) is 22.1 Å². The van der Waals surface area contributed by atoms with Crippen LogP contribution in [0.25, 0.3) is 0 Å². The Morgan fingerprint density at radius 1 is 1.24 bits per heavy atom. The van der Waals surface area contributed by atoms with Crippen LogP contribution in [0.2, 0.25) is 5.02 Å². The fraction of sp³-hybridized carbons (Fsp3) is 0.548. The Kier molecular flexibility index (Phi) is 8.76. The van der Waals surface area contributed by atoms with Gasteiger partial charge in [0.2, 0.25) is 11.9 Å². The van der Waals surface area contributed by atoms with Crippen molar-refractivity contribution in [2.24, 2.45) is 34.4 Å². The van der Waals surface area contributed by atoms with Crippen LogP contribution in [0.15, 0.2) is 35.5 Å². The second-order valence-electron chi connectivity index (χ2n) is 11.9. The molecule has 1 aliphatic heterocycles. The summed E-state index contributed by atoms with van der Waals surface area (Å²) in [7, 11) is 1.68. The largest absolute Gasteiger partial charge is 0.495 e. The molecule has 224 valence electrons. The fourth-order valence-electron chi connectivity index (χ4n) is 7.30. The number of allylic oxidation sites excluding steroid dienone is 2. The molecule has 1 amide bonds. The summed E-state index contributed by atoms with van der Waals surface area (Å²) in [6, 6.07) is 4.82. The van der Waals surface area contributed by atoms with Gasteiger partial charge in [0.25, 0.3) is 0 Å². The number of fused-ring (bicyclic) bond motifs is 3. The lowest BCUT2D eigenvalue weighted by atomic mass is 9.83. The summed E-state index contributed by atoms with van der Waals surface area (Å²) in [4.78, 5) is 30.6. The first-order valence-corrected chi connectivity index (χ1v) is 15.4. The maximum Gasteiger partial charge on any atom is 0.229 e. The number of aromatic nitrogens is 2. The Bertz CT molecular complexity index is 1360. The van der Waals surface area contributed by atoms with Crippen molar-refractivity contribution in [1.29, 1.82) is 0 Å². The highest BCUT2D eigenvalue weighted by molar-refractivity contribution is 6.32. The molecule has 4 aliphatic rings. The molecule has 11 heteroatoms. The summed E-state index contributed by atoms with van der Waals surface area (Å²) in [6.45, 7) is 5.07. The molecule has 2 aromatic rings. The molecule has 2 fully saturated rings. The monoisotopic (exact) mass is 593 g/mol. The number of halogens is 1. The number of aryl methyl sites for hydroxylation is 1. The lowest BCUT2D eigenvalue weighted by Crippen LogP contribution is -2.51. The molecule has 1 saturated heterocycles. The third-order valence-corrected chi connectivity index (χ3v) is 9.76. The number of benzene rings is 1. The molecule has 10 nitrogen and oxygen atoms in total. The molecule has 5 atom stereocenters. The topological polar surface area (TPSA) is 129 Å². The molecule has 4 N–H and O–H groups in total. The van der Waals surface area contributed by atoms with Gasteiger partial charge in [0.15, 0.2) is 5.82 Å². The number of ether oxygens (including phenoxy) is 1. The van der Waals surface area contributed by atoms with Gasteiger partial charge in [0.05, 0.1) is 31.5 Å². The Labute approximate surface area is 252 Å². The average molecular weight is 594 g/mol. The number of aliphatic imine (C=N–C) groups is 1. The van der Waals surface area contributed by atoms with E-state index in [0.29, 0.717) is 22.8 Å². The Morgan fingerprint density at radius 3 is 2.81 bits per heavy atom. The third kappa shape index (κ3) is 6.04. The number of carbonyl (C=O) groups is 1. The van der Waals surface area contributed by atoms with E-state index in [-0.39, 0.29) is 36.2 Å². The van der Waals surface area contributed by atoms with Crippen LogP contribution < -0.4 is 15.8 Å². The summed E-state index contributed by atoms with van der Waals surface area (Å²) < 4.78 is 5.81. The number of rotatable bonds is 9. The van der Waals surface area contributed by atoms with Crippen LogP contribution in [0.1, 0.15) is 30.4 Å². The normalized spacial score (nSPS) is 27.7. The van der Waals surface area contributed by atoms with Crippen LogP contribution in [0, 0.1) is 23.7 Å². The summed E-state index contributed by atoms with van der Waals surface area (Å²) in [6.07, 6.45) is 12.8. The first-order chi connectivity index (χ1) is 20.4. The molecule has 0 spiro atoms. The second kappa shape index (κ2) is 12.7. The summed E-state index contributed by atoms with van der Waals surface area (Å²) >= 11 is 6.42. The second-order valence-corrected chi connectivity index (χ2v) is 12.3. The highest BCUT2D eigenvalue weighted by Gasteiger charge is 2.46. The van der Waals surface area contributed by atoms with E-state index >= 15 is 0 Å². The Hall–Kier alpha value is -3.05. The molecule has 1 saturated carbocycles. The number of hydrogen-bond acceptors (Lipinski definition) is 9. The van der Waals surface area contributed by atoms with Gasteiger partial charge in [-0.05, 0) is 67.2 Å². The first kappa shape index (κ1) is 29.0. The van der Waals surface area contributed by atoms with Crippen molar-refractivity contribution in [3.63, 3.8) is 0 Å². The number of nitrogens with zero attached hydrogens (tertiary/aromatic N) is 5. The number of amides is 1. The fourth-order valence-corrected chi connectivity index (χ4v) is 7.44. The van der Waals surface area contributed by atoms with E-state index in [2.05, 4.69) is 54.4 Å². The number of anilines is 2. The minimum atomic E-state index is -0.290. The molecule has 1 aromatic heterocycles. The number of aliphatic hydroxyl groups excluding tert-OH is 1. The maximum absolute atomic E-state index is 12.1. The van der Waals surface area contributed by atoms with Crippen LogP contribution in [-0.2, 0) is 17.6 Å². The zero-order valence-corrected chi connectivity index (χ0v) is 24.8. The molecule has 3 aliphatic carbocycles. The van der Waals surface area contributed by atoms with Gasteiger partial charge in [-0.15, -0.1) is 0 Å². The van der Waals surface area contributed by atoms with Gasteiger partial charge in [-0.25, -0.2) is 9.98 Å². The standard InChI is InChI=1S/C31H40ClN7O3/c1-42-27-16-22-14-23(39-9-7-38(8-10-39)11-12-40)4-2-3-19(22)15-26(27)36-31-35-18-25(32)30(37-31)34-17-24-20-5-6-21(13-20)28(24)29(33)41/h5-6,15-18,20-21,23-24,28,40H,2-4,7-14H2,1H3,(H2,33,41)(H,35,36,37)/t20-,21+,23?,24?,28-/m0/s1. The number of nitrogens with one attached hydrogen (secondary N) is 1. The van der Waals surface area contributed by atoms with Crippen LogP contribution in [0.4, 0.5) is 17.5 Å². The minimum absolute atomic E-state index is 0.0575. The summed E-state index contributed by atoms with van der Waals surface area (Å²) in [5.41, 5.74) is 9.15. The Balaban J connectivity index is 1.17. The zero-order chi connectivity index (χ0) is 29.2. The van der Waals surface area contributed by atoms with Gasteiger partial charge in [-0.3, -0.25) is 14.6 Å². The van der Waals surface area contributed by atoms with Crippen LogP contribution >= 0.6 is 11.6 Å². The number of primary amides is 1. The number of carbonyl (C=O) groups excluding carboxylic acids is 1. The number of piperazine rings is 1. The molecule has 42 heavy (non-hydrogen) atoms. The van der Waals surface area contributed by atoms with Crippen molar-refractivity contribution in [2.75, 3.05) is 51.8 Å². The number of methoxy groups -OCH3 is 1. The van der Waals surface area contributed by atoms with Gasteiger partial charge in [-0.2, -0.15) is 4.98 Å². The van der Waals surface area contributed by atoms with Crippen molar-refractivity contribution < 1.29 is 14.6 Å². The lowest BCUT2D eigenvalue weighted by Gasteiger charge is -2.39. The van der Waals surface area contributed by atoms with E-state index in [9.17, 15) is 9.90 Å². The van der Waals surface area contributed by atoms with E-state index in [1.165, 1.54) is 17.3 Å². The predicted molar refractivity (Wildman–Crippen MR) is 164 cm³/mol. The van der Waals surface area contributed by atoms with Crippen molar-refractivity contribution in [1.82, 2.24) is 19.8 Å². The van der Waals surface area contributed by atoms with E-state index in [1.54, 1.807) is 13.3 Å². The summed E-state index contributed by atoms with van der Waals surface area (Å²) in [5, 5.41) is 12.9. The quantitative estimate of drug-likeness (QED) is 0.229. The van der Waals surface area contributed by atoms with E-state index in [1.807, 2.05) is 0 Å². The molecule has 0 radical (unpaired) electrons. The highest BCUT2D eigenvalue weighted by atomic mass is 35.5. The molecule has 2 heterocycles.